The predicted molar refractivity (Wildman–Crippen MR) is 95.3 cm³/mol. The Labute approximate surface area is 151 Å². The molecule has 2 heterocycles. The highest BCUT2D eigenvalue weighted by Gasteiger charge is 2.15. The van der Waals surface area contributed by atoms with E-state index in [2.05, 4.69) is 15.1 Å². The third kappa shape index (κ3) is 4.35. The van der Waals surface area contributed by atoms with Gasteiger partial charge in [0.1, 0.15) is 12.4 Å². The molecular formula is C18H19ClN4O2. The Kier molecular flexibility index (Phi) is 5.63. The van der Waals surface area contributed by atoms with Gasteiger partial charge in [0, 0.05) is 18.0 Å². The standard InChI is InChI=1S/C18H19ClN4O2/c1-2-14(24)11-23-18(13-7-9-20-10-8-13)21-17(22-23)12-25-16-6-4-3-5-15(16)19/h3-10,14,24H,2,11-12H2,1H3. The number of hydrogen-bond acceptors (Lipinski definition) is 5. The van der Waals surface area contributed by atoms with Gasteiger partial charge >= 0.3 is 0 Å². The van der Waals surface area contributed by atoms with Crippen LogP contribution in [-0.2, 0) is 13.2 Å². The molecule has 3 rings (SSSR count). The van der Waals surface area contributed by atoms with Crippen molar-refractivity contribution in [2.24, 2.45) is 0 Å². The first-order chi connectivity index (χ1) is 12.2. The van der Waals surface area contributed by atoms with Crippen molar-refractivity contribution in [2.75, 3.05) is 0 Å². The van der Waals surface area contributed by atoms with E-state index in [9.17, 15) is 5.11 Å². The van der Waals surface area contributed by atoms with Crippen molar-refractivity contribution in [3.05, 3.63) is 59.6 Å². The fourth-order valence-corrected chi connectivity index (χ4v) is 2.52. The number of aliphatic hydroxyl groups excluding tert-OH is 1. The van der Waals surface area contributed by atoms with E-state index >= 15 is 0 Å². The van der Waals surface area contributed by atoms with Gasteiger partial charge in [-0.3, -0.25) is 4.98 Å². The third-order valence-corrected chi connectivity index (χ3v) is 4.01. The summed E-state index contributed by atoms with van der Waals surface area (Å²) in [5, 5.41) is 15.0. The van der Waals surface area contributed by atoms with Gasteiger partial charge in [-0.2, -0.15) is 5.10 Å². The van der Waals surface area contributed by atoms with E-state index in [0.717, 1.165) is 5.56 Å². The first-order valence-corrected chi connectivity index (χ1v) is 8.44. The molecule has 0 radical (unpaired) electrons. The molecule has 1 unspecified atom stereocenters. The van der Waals surface area contributed by atoms with Crippen LogP contribution in [0.15, 0.2) is 48.8 Å². The number of benzene rings is 1. The average Bonchev–Trinajstić information content (AvgIpc) is 3.04. The first kappa shape index (κ1) is 17.4. The lowest BCUT2D eigenvalue weighted by molar-refractivity contribution is 0.145. The van der Waals surface area contributed by atoms with Crippen molar-refractivity contribution in [2.45, 2.75) is 32.6 Å². The average molecular weight is 359 g/mol. The fourth-order valence-electron chi connectivity index (χ4n) is 2.32. The second-order valence-corrected chi connectivity index (χ2v) is 5.96. The lowest BCUT2D eigenvalue weighted by Gasteiger charge is -2.09. The van der Waals surface area contributed by atoms with Crippen LogP contribution >= 0.6 is 11.6 Å². The van der Waals surface area contributed by atoms with Crippen LogP contribution in [0.5, 0.6) is 5.75 Å². The Balaban J connectivity index is 1.84. The van der Waals surface area contributed by atoms with Crippen LogP contribution in [0.1, 0.15) is 19.2 Å². The minimum absolute atomic E-state index is 0.192. The largest absolute Gasteiger partial charge is 0.484 e. The van der Waals surface area contributed by atoms with Gasteiger partial charge in [0.05, 0.1) is 17.7 Å². The molecule has 0 amide bonds. The number of aliphatic hydroxyl groups is 1. The number of nitrogens with zero attached hydrogens (tertiary/aromatic N) is 4. The summed E-state index contributed by atoms with van der Waals surface area (Å²) in [6, 6.07) is 11.0. The van der Waals surface area contributed by atoms with Gasteiger partial charge in [-0.25, -0.2) is 9.67 Å². The first-order valence-electron chi connectivity index (χ1n) is 8.07. The summed E-state index contributed by atoms with van der Waals surface area (Å²) in [6.45, 7) is 2.49. The highest BCUT2D eigenvalue weighted by molar-refractivity contribution is 6.32. The maximum absolute atomic E-state index is 9.99. The summed E-state index contributed by atoms with van der Waals surface area (Å²) < 4.78 is 7.42. The van der Waals surface area contributed by atoms with Gasteiger partial charge in [0.25, 0.3) is 0 Å². The second-order valence-electron chi connectivity index (χ2n) is 5.55. The van der Waals surface area contributed by atoms with E-state index in [1.807, 2.05) is 31.2 Å². The summed E-state index contributed by atoms with van der Waals surface area (Å²) in [5.41, 5.74) is 0.884. The number of pyridine rings is 1. The van der Waals surface area contributed by atoms with Gasteiger partial charge in [-0.15, -0.1) is 0 Å². The van der Waals surface area contributed by atoms with Crippen molar-refractivity contribution in [3.63, 3.8) is 0 Å². The molecule has 0 aliphatic carbocycles. The van der Waals surface area contributed by atoms with E-state index in [1.165, 1.54) is 0 Å². The topological polar surface area (TPSA) is 73.1 Å². The molecule has 2 aromatic heterocycles. The Morgan fingerprint density at radius 2 is 1.96 bits per heavy atom. The summed E-state index contributed by atoms with van der Waals surface area (Å²) in [6.07, 6.45) is 3.55. The second kappa shape index (κ2) is 8.09. The van der Waals surface area contributed by atoms with Crippen LogP contribution in [0, 0.1) is 0 Å². The molecule has 0 saturated carbocycles. The van der Waals surface area contributed by atoms with Gasteiger partial charge in [0.2, 0.25) is 0 Å². The summed E-state index contributed by atoms with van der Waals surface area (Å²) in [4.78, 5) is 8.58. The molecule has 1 atom stereocenters. The van der Waals surface area contributed by atoms with Crippen LogP contribution in [0.25, 0.3) is 11.4 Å². The number of ether oxygens (including phenoxy) is 1. The van der Waals surface area contributed by atoms with E-state index in [-0.39, 0.29) is 6.61 Å². The van der Waals surface area contributed by atoms with Gasteiger partial charge in [-0.05, 0) is 30.7 Å². The smallest absolute Gasteiger partial charge is 0.188 e. The SMILES string of the molecule is CCC(O)Cn1nc(COc2ccccc2Cl)nc1-c1ccncc1. The summed E-state index contributed by atoms with van der Waals surface area (Å²) in [5.74, 6) is 1.78. The van der Waals surface area contributed by atoms with Gasteiger partial charge < -0.3 is 9.84 Å². The molecule has 7 heteroatoms. The molecule has 0 saturated heterocycles. The lowest BCUT2D eigenvalue weighted by atomic mass is 10.2. The van der Waals surface area contributed by atoms with Crippen LogP contribution in [0.2, 0.25) is 5.02 Å². The van der Waals surface area contributed by atoms with E-state index in [4.69, 9.17) is 16.3 Å². The van der Waals surface area contributed by atoms with Gasteiger partial charge in [0.15, 0.2) is 11.6 Å². The van der Waals surface area contributed by atoms with Crippen molar-refractivity contribution in [3.8, 4) is 17.1 Å². The molecule has 0 aliphatic rings. The van der Waals surface area contributed by atoms with Crippen molar-refractivity contribution >= 4 is 11.6 Å². The molecule has 0 spiro atoms. The maximum atomic E-state index is 9.99. The monoisotopic (exact) mass is 358 g/mol. The molecular weight excluding hydrogens is 340 g/mol. The Morgan fingerprint density at radius 1 is 1.20 bits per heavy atom. The van der Waals surface area contributed by atoms with E-state index in [1.54, 1.807) is 29.2 Å². The minimum atomic E-state index is -0.486. The lowest BCUT2D eigenvalue weighted by Crippen LogP contribution is -2.17. The molecule has 1 N–H and O–H groups in total. The minimum Gasteiger partial charge on any atom is -0.484 e. The number of hydrogen-bond donors (Lipinski definition) is 1. The Hall–Kier alpha value is -2.44. The molecule has 3 aromatic rings. The van der Waals surface area contributed by atoms with Crippen molar-refractivity contribution in [1.82, 2.24) is 19.7 Å². The number of aromatic nitrogens is 4. The van der Waals surface area contributed by atoms with Gasteiger partial charge in [-0.1, -0.05) is 30.7 Å². The summed E-state index contributed by atoms with van der Waals surface area (Å²) >= 11 is 6.10. The predicted octanol–water partition coefficient (Wildman–Crippen LogP) is 3.34. The Bertz CT molecular complexity index is 823. The molecule has 0 aliphatic heterocycles. The zero-order valence-electron chi connectivity index (χ0n) is 13.8. The summed E-state index contributed by atoms with van der Waals surface area (Å²) in [7, 11) is 0. The molecule has 6 nitrogen and oxygen atoms in total. The molecule has 25 heavy (non-hydrogen) atoms. The number of para-hydroxylation sites is 1. The van der Waals surface area contributed by atoms with Crippen LogP contribution in [-0.4, -0.2) is 31.0 Å². The normalized spacial score (nSPS) is 12.1. The van der Waals surface area contributed by atoms with Crippen LogP contribution < -0.4 is 4.74 Å². The zero-order valence-corrected chi connectivity index (χ0v) is 14.6. The third-order valence-electron chi connectivity index (χ3n) is 3.70. The molecule has 130 valence electrons. The highest BCUT2D eigenvalue weighted by atomic mass is 35.5. The van der Waals surface area contributed by atoms with Crippen LogP contribution in [0.4, 0.5) is 0 Å². The quantitative estimate of drug-likeness (QED) is 0.701. The highest BCUT2D eigenvalue weighted by Crippen LogP contribution is 2.24. The Morgan fingerprint density at radius 3 is 2.68 bits per heavy atom. The number of rotatable bonds is 7. The van der Waals surface area contributed by atoms with Crippen LogP contribution in [0.3, 0.4) is 0 Å². The maximum Gasteiger partial charge on any atom is 0.188 e. The van der Waals surface area contributed by atoms with E-state index in [0.29, 0.717) is 35.4 Å². The molecule has 0 fully saturated rings. The zero-order chi connectivity index (χ0) is 17.6. The molecule has 1 aromatic carbocycles. The van der Waals surface area contributed by atoms with Crippen molar-refractivity contribution < 1.29 is 9.84 Å². The fraction of sp³-hybridized carbons (Fsp3) is 0.278. The molecule has 0 bridgehead atoms. The van der Waals surface area contributed by atoms with Crippen molar-refractivity contribution in [1.29, 1.82) is 0 Å². The number of halogens is 1. The van der Waals surface area contributed by atoms with E-state index < -0.39 is 6.10 Å².